The van der Waals surface area contributed by atoms with E-state index in [0.717, 1.165) is 27.9 Å². The number of carboxylic acid groups (broad SMARTS) is 1. The summed E-state index contributed by atoms with van der Waals surface area (Å²) in [6.45, 7) is 0.351. The van der Waals surface area contributed by atoms with Crippen LogP contribution in [0.1, 0.15) is 66.8 Å². The van der Waals surface area contributed by atoms with Gasteiger partial charge in [0, 0.05) is 37.1 Å². The van der Waals surface area contributed by atoms with Crippen LogP contribution in [0.25, 0.3) is 5.69 Å². The van der Waals surface area contributed by atoms with Gasteiger partial charge in [0.2, 0.25) is 11.1 Å². The lowest BCUT2D eigenvalue weighted by molar-refractivity contribution is -0.245. The second-order valence-electron chi connectivity index (χ2n) is 10.5. The van der Waals surface area contributed by atoms with Crippen LogP contribution in [0.3, 0.4) is 0 Å². The molecule has 0 bridgehead atoms. The van der Waals surface area contributed by atoms with Crippen LogP contribution in [-0.2, 0) is 32.2 Å². The number of carboxylic acids is 1. The average Bonchev–Trinajstić information content (AvgIpc) is 3.54. The Kier molecular flexibility index (Phi) is 11.1. The average molecular weight is 618 g/mol. The van der Waals surface area contributed by atoms with E-state index < -0.39 is 12.3 Å². The Morgan fingerprint density at radius 3 is 2.34 bits per heavy atom. The van der Waals surface area contributed by atoms with Crippen molar-refractivity contribution in [3.8, 4) is 5.69 Å². The maximum atomic E-state index is 12.1. The lowest BCUT2D eigenvalue weighted by atomic mass is 10.0. The van der Waals surface area contributed by atoms with Gasteiger partial charge in [-0.15, -0.1) is 5.10 Å². The minimum absolute atomic E-state index is 0.0234. The van der Waals surface area contributed by atoms with Gasteiger partial charge in [-0.2, -0.15) is 4.68 Å². The first-order chi connectivity index (χ1) is 21.5. The molecular weight excluding hydrogens is 582 g/mol. The van der Waals surface area contributed by atoms with Crippen LogP contribution in [0.2, 0.25) is 0 Å². The highest BCUT2D eigenvalue weighted by molar-refractivity contribution is 7.99. The lowest BCUT2D eigenvalue weighted by Crippen LogP contribution is -2.31. The number of benzene rings is 3. The van der Waals surface area contributed by atoms with Crippen LogP contribution in [0, 0.1) is 0 Å². The third-order valence-corrected chi connectivity index (χ3v) is 8.29. The molecule has 0 spiro atoms. The molecule has 1 fully saturated rings. The van der Waals surface area contributed by atoms with Crippen molar-refractivity contribution >= 4 is 23.6 Å². The van der Waals surface area contributed by atoms with Gasteiger partial charge in [0.05, 0.1) is 24.5 Å². The molecule has 0 saturated carbocycles. The van der Waals surface area contributed by atoms with Crippen LogP contribution in [0.4, 0.5) is 0 Å². The van der Waals surface area contributed by atoms with E-state index in [1.807, 2.05) is 78.9 Å². The molecule has 4 aromatic rings. The van der Waals surface area contributed by atoms with Crippen molar-refractivity contribution in [2.24, 2.45) is 0 Å². The summed E-state index contributed by atoms with van der Waals surface area (Å²) in [5.41, 5.74) is 4.50. The summed E-state index contributed by atoms with van der Waals surface area (Å²) in [4.78, 5) is 22.8. The monoisotopic (exact) mass is 617 g/mol. The maximum Gasteiger partial charge on any atom is 0.303 e. The Hall–Kier alpha value is -4.10. The number of aliphatic carboxylic acids is 1. The molecule has 0 unspecified atom stereocenters. The van der Waals surface area contributed by atoms with E-state index in [4.69, 9.17) is 14.6 Å². The standard InChI is InChI=1S/C32H35N5O6S/c38-20-23-12-14-24(15-13-23)28-18-27(21-44-32-34-35-36-37(32)26-6-2-1-3-7-26)42-31(43-28)25-16-10-22(11-17-25)19-33-29(39)8-4-5-9-30(40)41/h1-3,6-7,10-17,27-28,31,38H,4-5,8-9,18-21H2,(H,33,39)(H,40,41)/t27-,28+,31+/m0/s1. The van der Waals surface area contributed by atoms with Gasteiger partial charge in [-0.1, -0.05) is 78.5 Å². The van der Waals surface area contributed by atoms with Gasteiger partial charge < -0.3 is 25.0 Å². The highest BCUT2D eigenvalue weighted by Crippen LogP contribution is 2.39. The zero-order valence-electron chi connectivity index (χ0n) is 24.1. The number of para-hydroxylation sites is 1. The van der Waals surface area contributed by atoms with Gasteiger partial charge in [-0.3, -0.25) is 9.59 Å². The second kappa shape index (κ2) is 15.6. The quantitative estimate of drug-likeness (QED) is 0.134. The summed E-state index contributed by atoms with van der Waals surface area (Å²) in [5, 5.41) is 34.0. The normalized spacial score (nSPS) is 18.2. The zero-order valence-corrected chi connectivity index (χ0v) is 24.9. The van der Waals surface area contributed by atoms with Crippen molar-refractivity contribution in [1.82, 2.24) is 25.5 Å². The number of amides is 1. The summed E-state index contributed by atoms with van der Waals surface area (Å²) in [6.07, 6.45) is 1.02. The lowest BCUT2D eigenvalue weighted by Gasteiger charge is -2.36. The highest BCUT2D eigenvalue weighted by atomic mass is 32.2. The Morgan fingerprint density at radius 1 is 0.909 bits per heavy atom. The van der Waals surface area contributed by atoms with E-state index >= 15 is 0 Å². The molecule has 0 aliphatic carbocycles. The number of aromatic nitrogens is 4. The number of nitrogens with zero attached hydrogens (tertiary/aromatic N) is 4. The zero-order chi connectivity index (χ0) is 30.7. The molecular formula is C32H35N5O6S. The molecule has 1 amide bonds. The van der Waals surface area contributed by atoms with Crippen molar-refractivity contribution in [3.63, 3.8) is 0 Å². The Labute approximate surface area is 259 Å². The largest absolute Gasteiger partial charge is 0.481 e. The van der Waals surface area contributed by atoms with E-state index in [0.29, 0.717) is 43.1 Å². The van der Waals surface area contributed by atoms with Crippen LogP contribution >= 0.6 is 11.8 Å². The van der Waals surface area contributed by atoms with E-state index in [-0.39, 0.29) is 31.1 Å². The fourth-order valence-electron chi connectivity index (χ4n) is 4.83. The minimum Gasteiger partial charge on any atom is -0.481 e. The summed E-state index contributed by atoms with van der Waals surface area (Å²) < 4.78 is 14.6. The molecule has 1 aromatic heterocycles. The molecule has 1 aliphatic heterocycles. The number of nitrogens with one attached hydrogen (secondary N) is 1. The number of aliphatic hydroxyl groups is 1. The molecule has 11 nitrogen and oxygen atoms in total. The van der Waals surface area contributed by atoms with Crippen LogP contribution in [0.15, 0.2) is 84.0 Å². The van der Waals surface area contributed by atoms with Gasteiger partial charge in [0.1, 0.15) is 0 Å². The summed E-state index contributed by atoms with van der Waals surface area (Å²) in [5.74, 6) is -0.348. The summed E-state index contributed by atoms with van der Waals surface area (Å²) >= 11 is 1.52. The fraction of sp³-hybridized carbons (Fsp3) is 0.344. The van der Waals surface area contributed by atoms with Crippen molar-refractivity contribution < 1.29 is 29.3 Å². The van der Waals surface area contributed by atoms with Gasteiger partial charge in [-0.25, -0.2) is 0 Å². The molecule has 12 heteroatoms. The first-order valence-corrected chi connectivity index (χ1v) is 15.5. The Morgan fingerprint density at radius 2 is 1.61 bits per heavy atom. The number of hydrogen-bond acceptors (Lipinski definition) is 9. The van der Waals surface area contributed by atoms with E-state index in [2.05, 4.69) is 20.8 Å². The van der Waals surface area contributed by atoms with E-state index in [1.165, 1.54) is 11.8 Å². The first kappa shape index (κ1) is 31.3. The minimum atomic E-state index is -0.850. The number of unbranched alkanes of at least 4 members (excludes halogenated alkanes) is 1. The van der Waals surface area contributed by atoms with Crippen LogP contribution in [0.5, 0.6) is 0 Å². The number of tetrazole rings is 1. The number of ether oxygens (including phenoxy) is 2. The van der Waals surface area contributed by atoms with Gasteiger partial charge in [-0.05, 0) is 52.1 Å². The number of rotatable bonds is 14. The smallest absolute Gasteiger partial charge is 0.303 e. The molecule has 5 rings (SSSR count). The summed E-state index contributed by atoms with van der Waals surface area (Å²) in [7, 11) is 0. The number of aliphatic hydroxyl groups excluding tert-OH is 1. The van der Waals surface area contributed by atoms with Gasteiger partial charge in [0.25, 0.3) is 0 Å². The number of carbonyl (C=O) groups is 2. The molecule has 3 N–H and O–H groups in total. The van der Waals surface area contributed by atoms with Crippen LogP contribution < -0.4 is 5.32 Å². The van der Waals surface area contributed by atoms with E-state index in [1.54, 1.807) is 4.68 Å². The molecule has 2 heterocycles. The number of thioether (sulfide) groups is 1. The number of hydrogen-bond donors (Lipinski definition) is 3. The fourth-order valence-corrected chi connectivity index (χ4v) is 5.74. The maximum absolute atomic E-state index is 12.1. The third kappa shape index (κ3) is 8.73. The second-order valence-corrected chi connectivity index (χ2v) is 11.5. The Balaban J connectivity index is 1.24. The first-order valence-electron chi connectivity index (χ1n) is 14.5. The molecule has 0 radical (unpaired) electrons. The predicted molar refractivity (Wildman–Crippen MR) is 163 cm³/mol. The molecule has 230 valence electrons. The molecule has 3 aromatic carbocycles. The number of carbonyl (C=O) groups excluding carboxylic acids is 1. The Bertz CT molecular complexity index is 1500. The predicted octanol–water partition coefficient (Wildman–Crippen LogP) is 4.75. The van der Waals surface area contributed by atoms with Crippen molar-refractivity contribution in [3.05, 3.63) is 101 Å². The van der Waals surface area contributed by atoms with Crippen LogP contribution in [-0.4, -0.2) is 54.2 Å². The van der Waals surface area contributed by atoms with E-state index in [9.17, 15) is 14.7 Å². The van der Waals surface area contributed by atoms with Crippen molar-refractivity contribution in [1.29, 1.82) is 0 Å². The van der Waals surface area contributed by atoms with Crippen molar-refractivity contribution in [2.45, 2.75) is 68.9 Å². The third-order valence-electron chi connectivity index (χ3n) is 7.24. The van der Waals surface area contributed by atoms with Gasteiger partial charge >= 0.3 is 5.97 Å². The molecule has 3 atom stereocenters. The summed E-state index contributed by atoms with van der Waals surface area (Å²) in [6, 6.07) is 25.2. The highest BCUT2D eigenvalue weighted by Gasteiger charge is 2.32. The van der Waals surface area contributed by atoms with Crippen molar-refractivity contribution in [2.75, 3.05) is 5.75 Å². The SMILES string of the molecule is O=C(O)CCCCC(=O)NCc1ccc([C@@H]2O[C@H](CSc3nnnn3-c3ccccc3)C[C@H](c3ccc(CO)cc3)O2)cc1. The molecule has 1 aliphatic rings. The topological polar surface area (TPSA) is 149 Å². The molecule has 1 saturated heterocycles. The molecule has 44 heavy (non-hydrogen) atoms. The van der Waals surface area contributed by atoms with Gasteiger partial charge in [0.15, 0.2) is 6.29 Å².